The zero-order valence-corrected chi connectivity index (χ0v) is 18.6. The summed E-state index contributed by atoms with van der Waals surface area (Å²) in [6, 6.07) is 7.73. The zero-order chi connectivity index (χ0) is 21.7. The molecule has 1 saturated carbocycles. The van der Waals surface area contributed by atoms with Crippen molar-refractivity contribution in [1.29, 1.82) is 5.26 Å². The number of ether oxygens (including phenoxy) is 1. The first kappa shape index (κ1) is 22.2. The predicted molar refractivity (Wildman–Crippen MR) is 116 cm³/mol. The first-order valence-corrected chi connectivity index (χ1v) is 11.4. The lowest BCUT2D eigenvalue weighted by atomic mass is 9.81. The molecule has 0 aliphatic heterocycles. The van der Waals surface area contributed by atoms with Gasteiger partial charge in [0.1, 0.15) is 5.54 Å². The number of hydrogen-bond acceptors (Lipinski definition) is 6. The molecule has 7 nitrogen and oxygen atoms in total. The maximum absolute atomic E-state index is 12.9. The van der Waals surface area contributed by atoms with Gasteiger partial charge < -0.3 is 14.2 Å². The molecule has 1 aliphatic rings. The van der Waals surface area contributed by atoms with Crippen LogP contribution in [0.25, 0.3) is 11.0 Å². The monoisotopic (exact) mass is 428 g/mol. The number of hydrogen-bond donors (Lipinski definition) is 0. The lowest BCUT2D eigenvalue weighted by molar-refractivity contribution is -0.131. The molecule has 0 spiro atoms. The number of carbonyl (C=O) groups excluding carboxylic acids is 2. The van der Waals surface area contributed by atoms with Crippen LogP contribution in [0.4, 0.5) is 0 Å². The molecule has 0 atom stereocenters. The Bertz CT molecular complexity index is 973. The van der Waals surface area contributed by atoms with Crippen molar-refractivity contribution in [2.24, 2.45) is 0 Å². The Balaban J connectivity index is 1.77. The van der Waals surface area contributed by atoms with Crippen LogP contribution in [0, 0.1) is 11.3 Å². The fraction of sp³-hybridized carbons (Fsp3) is 0.545. The van der Waals surface area contributed by atoms with Crippen LogP contribution in [0.3, 0.4) is 0 Å². The molecule has 0 unspecified atom stereocenters. The highest BCUT2D eigenvalue weighted by atomic mass is 32.2. The Morgan fingerprint density at radius 2 is 2.03 bits per heavy atom. The number of nitrogens with zero attached hydrogens (tertiary/aromatic N) is 4. The van der Waals surface area contributed by atoms with E-state index in [9.17, 15) is 14.9 Å². The van der Waals surface area contributed by atoms with E-state index in [1.54, 1.807) is 31.0 Å². The average Bonchev–Trinajstić information content (AvgIpc) is 3.14. The quantitative estimate of drug-likeness (QED) is 0.489. The van der Waals surface area contributed by atoms with E-state index in [0.717, 1.165) is 42.8 Å². The predicted octanol–water partition coefficient (Wildman–Crippen LogP) is 4.01. The number of amides is 1. The molecule has 8 heteroatoms. The van der Waals surface area contributed by atoms with Crippen molar-refractivity contribution >= 4 is 34.7 Å². The van der Waals surface area contributed by atoms with E-state index in [1.165, 1.54) is 11.8 Å². The van der Waals surface area contributed by atoms with E-state index in [4.69, 9.17) is 4.74 Å². The van der Waals surface area contributed by atoms with E-state index in [2.05, 4.69) is 11.1 Å². The fourth-order valence-corrected chi connectivity index (χ4v) is 4.98. The topological polar surface area (TPSA) is 88.2 Å². The third-order valence-corrected chi connectivity index (χ3v) is 6.73. The maximum Gasteiger partial charge on any atom is 0.338 e. The number of fused-ring (bicyclic) bond motifs is 1. The van der Waals surface area contributed by atoms with Crippen LogP contribution in [0.5, 0.6) is 0 Å². The zero-order valence-electron chi connectivity index (χ0n) is 17.8. The first-order valence-electron chi connectivity index (χ1n) is 10.4. The van der Waals surface area contributed by atoms with Crippen LogP contribution in [0.2, 0.25) is 0 Å². The highest BCUT2D eigenvalue weighted by Crippen LogP contribution is 2.33. The molecule has 0 radical (unpaired) electrons. The SMILES string of the molecule is CCOC(=O)c1ccc2c(c1)nc(SCC(=O)N(C)C1(C#N)CCCCC1)n2CC. The van der Waals surface area contributed by atoms with Gasteiger partial charge in [-0.25, -0.2) is 9.78 Å². The summed E-state index contributed by atoms with van der Waals surface area (Å²) in [5.41, 5.74) is 1.39. The molecule has 0 bridgehead atoms. The standard InChI is InChI=1S/C22H28N4O3S/c1-4-26-18-10-9-16(20(28)29-5-2)13-17(18)24-21(26)30-14-19(27)25(3)22(15-23)11-7-6-8-12-22/h9-10,13H,4-8,11-12,14H2,1-3H3. The summed E-state index contributed by atoms with van der Waals surface area (Å²) in [4.78, 5) is 31.2. The number of rotatable bonds is 7. The largest absolute Gasteiger partial charge is 0.462 e. The molecule has 30 heavy (non-hydrogen) atoms. The van der Waals surface area contributed by atoms with Gasteiger partial charge in [0.15, 0.2) is 5.16 Å². The van der Waals surface area contributed by atoms with E-state index in [1.807, 2.05) is 17.6 Å². The number of aryl methyl sites for hydroxylation is 1. The fourth-order valence-electron chi connectivity index (χ4n) is 3.99. The van der Waals surface area contributed by atoms with Gasteiger partial charge in [0.25, 0.3) is 0 Å². The van der Waals surface area contributed by atoms with Crippen molar-refractivity contribution in [2.45, 2.75) is 63.2 Å². The number of benzene rings is 1. The van der Waals surface area contributed by atoms with Gasteiger partial charge >= 0.3 is 5.97 Å². The van der Waals surface area contributed by atoms with E-state index in [0.29, 0.717) is 24.2 Å². The summed E-state index contributed by atoms with van der Waals surface area (Å²) in [6.45, 7) is 4.81. The Labute approximate surface area is 181 Å². The summed E-state index contributed by atoms with van der Waals surface area (Å²) in [7, 11) is 1.74. The number of thioether (sulfide) groups is 1. The van der Waals surface area contributed by atoms with Gasteiger partial charge in [-0.05, 0) is 44.9 Å². The molecule has 1 aromatic carbocycles. The van der Waals surface area contributed by atoms with Crippen molar-refractivity contribution in [3.63, 3.8) is 0 Å². The van der Waals surface area contributed by atoms with Gasteiger partial charge in [0, 0.05) is 13.6 Å². The number of nitriles is 1. The van der Waals surface area contributed by atoms with Crippen LogP contribution in [-0.2, 0) is 16.1 Å². The second-order valence-electron chi connectivity index (χ2n) is 7.51. The third kappa shape index (κ3) is 4.31. The van der Waals surface area contributed by atoms with Gasteiger partial charge in [0.05, 0.1) is 35.0 Å². The molecule has 2 aromatic rings. The molecule has 1 fully saturated rings. The van der Waals surface area contributed by atoms with Gasteiger partial charge in [-0.3, -0.25) is 4.79 Å². The van der Waals surface area contributed by atoms with Crippen molar-refractivity contribution in [3.05, 3.63) is 23.8 Å². The van der Waals surface area contributed by atoms with Crippen LogP contribution in [0.1, 0.15) is 56.3 Å². The Kier molecular flexibility index (Phi) is 7.03. The lowest BCUT2D eigenvalue weighted by Crippen LogP contribution is -2.50. The van der Waals surface area contributed by atoms with E-state index >= 15 is 0 Å². The molecule has 0 N–H and O–H groups in total. The van der Waals surface area contributed by atoms with E-state index < -0.39 is 5.54 Å². The maximum atomic E-state index is 12.9. The van der Waals surface area contributed by atoms with Crippen LogP contribution in [-0.4, -0.2) is 51.3 Å². The summed E-state index contributed by atoms with van der Waals surface area (Å²) < 4.78 is 7.10. The second-order valence-corrected chi connectivity index (χ2v) is 8.45. The minimum atomic E-state index is -0.685. The number of imidazole rings is 1. The molecular weight excluding hydrogens is 400 g/mol. The Morgan fingerprint density at radius 1 is 1.30 bits per heavy atom. The molecule has 160 valence electrons. The van der Waals surface area contributed by atoms with Gasteiger partial charge in [-0.1, -0.05) is 31.0 Å². The summed E-state index contributed by atoms with van der Waals surface area (Å²) in [5.74, 6) is -0.218. The van der Waals surface area contributed by atoms with Crippen LogP contribution in [0.15, 0.2) is 23.4 Å². The molecular formula is C22H28N4O3S. The number of esters is 1. The molecule has 3 rings (SSSR count). The van der Waals surface area contributed by atoms with Crippen LogP contribution >= 0.6 is 11.8 Å². The second kappa shape index (κ2) is 9.52. The molecule has 1 aliphatic carbocycles. The van der Waals surface area contributed by atoms with Gasteiger partial charge in [-0.2, -0.15) is 5.26 Å². The van der Waals surface area contributed by atoms with Crippen molar-refractivity contribution in [3.8, 4) is 6.07 Å². The van der Waals surface area contributed by atoms with Gasteiger partial charge in [-0.15, -0.1) is 0 Å². The van der Waals surface area contributed by atoms with E-state index in [-0.39, 0.29) is 17.6 Å². The first-order chi connectivity index (χ1) is 14.5. The summed E-state index contributed by atoms with van der Waals surface area (Å²) in [6.07, 6.45) is 4.55. The van der Waals surface area contributed by atoms with Crippen molar-refractivity contribution in [2.75, 3.05) is 19.4 Å². The minimum Gasteiger partial charge on any atom is -0.462 e. The van der Waals surface area contributed by atoms with Gasteiger partial charge in [0.2, 0.25) is 5.91 Å². The van der Waals surface area contributed by atoms with Crippen molar-refractivity contribution in [1.82, 2.24) is 14.5 Å². The summed E-state index contributed by atoms with van der Waals surface area (Å²) in [5, 5.41) is 10.5. The minimum absolute atomic E-state index is 0.0645. The normalized spacial score (nSPS) is 15.5. The average molecular weight is 429 g/mol. The number of carbonyl (C=O) groups is 2. The molecule has 1 heterocycles. The number of aromatic nitrogens is 2. The molecule has 1 aromatic heterocycles. The molecule has 1 amide bonds. The Hall–Kier alpha value is -2.53. The van der Waals surface area contributed by atoms with Crippen molar-refractivity contribution < 1.29 is 14.3 Å². The smallest absolute Gasteiger partial charge is 0.338 e. The molecule has 0 saturated heterocycles. The Morgan fingerprint density at radius 3 is 2.67 bits per heavy atom. The summed E-state index contributed by atoms with van der Waals surface area (Å²) >= 11 is 1.37. The third-order valence-electron chi connectivity index (χ3n) is 5.77. The highest BCUT2D eigenvalue weighted by Gasteiger charge is 2.38. The van der Waals surface area contributed by atoms with Crippen LogP contribution < -0.4 is 0 Å². The lowest BCUT2D eigenvalue weighted by Gasteiger charge is -2.39. The highest BCUT2D eigenvalue weighted by molar-refractivity contribution is 7.99.